The van der Waals surface area contributed by atoms with Crippen molar-refractivity contribution in [1.29, 1.82) is 0 Å². The van der Waals surface area contributed by atoms with Crippen LogP contribution in [0.1, 0.15) is 122 Å². The third kappa shape index (κ3) is 10.1. The van der Waals surface area contributed by atoms with Crippen LogP contribution in [0.3, 0.4) is 0 Å². The summed E-state index contributed by atoms with van der Waals surface area (Å²) >= 11 is 0. The molecule has 0 aliphatic rings. The molecule has 2 N–H and O–H groups in total. The first-order chi connectivity index (χ1) is 12.7. The zero-order valence-corrected chi connectivity index (χ0v) is 17.3. The fraction of sp³-hybridized carbons (Fsp3) is 0.750. The van der Waals surface area contributed by atoms with Gasteiger partial charge in [0, 0.05) is 5.56 Å². The lowest BCUT2D eigenvalue weighted by Crippen LogP contribution is -1.98. The van der Waals surface area contributed by atoms with Gasteiger partial charge >= 0.3 is 0 Å². The SMILES string of the molecule is CCCCCCCCCCCCCCCC(CC)c1cc(O)ccc1O. The number of phenols is 2. The summed E-state index contributed by atoms with van der Waals surface area (Å²) in [5.74, 6) is 0.931. The third-order valence-corrected chi connectivity index (χ3v) is 5.60. The number of hydrogen-bond acceptors (Lipinski definition) is 2. The van der Waals surface area contributed by atoms with E-state index in [0.717, 1.165) is 18.4 Å². The molecule has 0 heterocycles. The zero-order valence-electron chi connectivity index (χ0n) is 17.3. The predicted molar refractivity (Wildman–Crippen MR) is 113 cm³/mol. The normalized spacial score (nSPS) is 12.4. The Balaban J connectivity index is 2.01. The molecular weight excluding hydrogens is 320 g/mol. The van der Waals surface area contributed by atoms with E-state index in [9.17, 15) is 10.2 Å². The van der Waals surface area contributed by atoms with Gasteiger partial charge in [-0.05, 0) is 37.0 Å². The molecule has 0 aliphatic carbocycles. The van der Waals surface area contributed by atoms with Gasteiger partial charge in [-0.15, -0.1) is 0 Å². The maximum absolute atomic E-state index is 10.0. The summed E-state index contributed by atoms with van der Waals surface area (Å²) in [5, 5.41) is 19.7. The molecule has 2 heteroatoms. The van der Waals surface area contributed by atoms with Crippen molar-refractivity contribution in [2.24, 2.45) is 0 Å². The molecule has 0 saturated carbocycles. The van der Waals surface area contributed by atoms with E-state index in [1.165, 1.54) is 83.5 Å². The van der Waals surface area contributed by atoms with E-state index in [4.69, 9.17) is 0 Å². The maximum Gasteiger partial charge on any atom is 0.119 e. The van der Waals surface area contributed by atoms with E-state index in [2.05, 4.69) is 13.8 Å². The van der Waals surface area contributed by atoms with Crippen LogP contribution < -0.4 is 0 Å². The van der Waals surface area contributed by atoms with Crippen LogP contribution >= 0.6 is 0 Å². The van der Waals surface area contributed by atoms with Crippen LogP contribution in [0.4, 0.5) is 0 Å². The van der Waals surface area contributed by atoms with Crippen LogP contribution in [0.25, 0.3) is 0 Å². The minimum atomic E-state index is 0.251. The second kappa shape index (κ2) is 14.9. The van der Waals surface area contributed by atoms with Gasteiger partial charge in [-0.25, -0.2) is 0 Å². The highest BCUT2D eigenvalue weighted by Gasteiger charge is 2.14. The Bertz CT molecular complexity index is 456. The van der Waals surface area contributed by atoms with Crippen LogP contribution in [0.2, 0.25) is 0 Å². The minimum Gasteiger partial charge on any atom is -0.508 e. The molecule has 1 aromatic rings. The zero-order chi connectivity index (χ0) is 19.0. The number of benzene rings is 1. The van der Waals surface area contributed by atoms with Crippen molar-refractivity contribution in [1.82, 2.24) is 0 Å². The standard InChI is InChI=1S/C24H42O2/c1-3-5-6-7-8-9-10-11-12-13-14-15-16-17-21(4-2)23-20-22(25)18-19-24(23)26/h18-21,25-26H,3-17H2,1-2H3. The molecule has 1 rings (SSSR count). The monoisotopic (exact) mass is 362 g/mol. The number of aromatic hydroxyl groups is 2. The Hall–Kier alpha value is -1.18. The van der Waals surface area contributed by atoms with Gasteiger partial charge in [-0.1, -0.05) is 97.3 Å². The Morgan fingerprint density at radius 2 is 1.19 bits per heavy atom. The average molecular weight is 363 g/mol. The first kappa shape index (κ1) is 22.9. The van der Waals surface area contributed by atoms with Gasteiger partial charge < -0.3 is 10.2 Å². The van der Waals surface area contributed by atoms with Gasteiger partial charge in [0.1, 0.15) is 11.5 Å². The quantitative estimate of drug-likeness (QED) is 0.230. The van der Waals surface area contributed by atoms with E-state index in [1.54, 1.807) is 18.2 Å². The highest BCUT2D eigenvalue weighted by Crippen LogP contribution is 2.34. The van der Waals surface area contributed by atoms with Gasteiger partial charge in [-0.3, -0.25) is 0 Å². The predicted octanol–water partition coefficient (Wildman–Crippen LogP) is 8.07. The van der Waals surface area contributed by atoms with Crippen LogP contribution in [0.5, 0.6) is 11.5 Å². The number of rotatable bonds is 16. The fourth-order valence-electron chi connectivity index (χ4n) is 3.86. The molecule has 0 saturated heterocycles. The number of hydrogen-bond donors (Lipinski definition) is 2. The molecule has 0 spiro atoms. The summed E-state index contributed by atoms with van der Waals surface area (Å²) in [7, 11) is 0. The largest absolute Gasteiger partial charge is 0.508 e. The van der Waals surface area contributed by atoms with Gasteiger partial charge in [0.2, 0.25) is 0 Å². The fourth-order valence-corrected chi connectivity index (χ4v) is 3.86. The number of unbranched alkanes of at least 4 members (excludes halogenated alkanes) is 12. The second-order valence-corrected chi connectivity index (χ2v) is 7.88. The van der Waals surface area contributed by atoms with Crippen molar-refractivity contribution in [2.45, 2.75) is 116 Å². The molecule has 0 amide bonds. The first-order valence-electron chi connectivity index (χ1n) is 11.2. The van der Waals surface area contributed by atoms with E-state index < -0.39 is 0 Å². The lowest BCUT2D eigenvalue weighted by molar-refractivity contribution is 0.438. The van der Waals surface area contributed by atoms with Crippen molar-refractivity contribution in [3.05, 3.63) is 23.8 Å². The second-order valence-electron chi connectivity index (χ2n) is 7.88. The van der Waals surface area contributed by atoms with Crippen molar-refractivity contribution < 1.29 is 10.2 Å². The molecule has 1 aromatic carbocycles. The highest BCUT2D eigenvalue weighted by atomic mass is 16.3. The Kier molecular flexibility index (Phi) is 13.1. The molecule has 150 valence electrons. The molecule has 26 heavy (non-hydrogen) atoms. The first-order valence-corrected chi connectivity index (χ1v) is 11.2. The molecular formula is C24H42O2. The Morgan fingerprint density at radius 3 is 1.69 bits per heavy atom. The van der Waals surface area contributed by atoms with E-state index in [0.29, 0.717) is 11.7 Å². The minimum absolute atomic E-state index is 0.251. The highest BCUT2D eigenvalue weighted by molar-refractivity contribution is 5.40. The summed E-state index contributed by atoms with van der Waals surface area (Å²) in [6.07, 6.45) is 20.0. The molecule has 0 radical (unpaired) electrons. The smallest absolute Gasteiger partial charge is 0.119 e. The van der Waals surface area contributed by atoms with Crippen molar-refractivity contribution in [2.75, 3.05) is 0 Å². The topological polar surface area (TPSA) is 40.5 Å². The third-order valence-electron chi connectivity index (χ3n) is 5.60. The summed E-state index contributed by atoms with van der Waals surface area (Å²) in [5.41, 5.74) is 0.909. The van der Waals surface area contributed by atoms with Crippen LogP contribution in [0, 0.1) is 0 Å². The lowest BCUT2D eigenvalue weighted by Gasteiger charge is -2.17. The molecule has 2 nitrogen and oxygen atoms in total. The summed E-state index contributed by atoms with van der Waals surface area (Å²) < 4.78 is 0. The van der Waals surface area contributed by atoms with Gasteiger partial charge in [-0.2, -0.15) is 0 Å². The van der Waals surface area contributed by atoms with Gasteiger partial charge in [0.15, 0.2) is 0 Å². The lowest BCUT2D eigenvalue weighted by atomic mass is 9.90. The maximum atomic E-state index is 10.0. The van der Waals surface area contributed by atoms with Gasteiger partial charge in [0.05, 0.1) is 0 Å². The van der Waals surface area contributed by atoms with Gasteiger partial charge in [0.25, 0.3) is 0 Å². The van der Waals surface area contributed by atoms with E-state index in [1.807, 2.05) is 0 Å². The van der Waals surface area contributed by atoms with Crippen molar-refractivity contribution in [3.8, 4) is 11.5 Å². The van der Waals surface area contributed by atoms with E-state index >= 15 is 0 Å². The van der Waals surface area contributed by atoms with Crippen molar-refractivity contribution >= 4 is 0 Å². The van der Waals surface area contributed by atoms with Crippen molar-refractivity contribution in [3.63, 3.8) is 0 Å². The summed E-state index contributed by atoms with van der Waals surface area (Å²) in [6, 6.07) is 4.89. The van der Waals surface area contributed by atoms with Crippen LogP contribution in [-0.4, -0.2) is 10.2 Å². The number of phenolic OH excluding ortho intramolecular Hbond substituents is 2. The summed E-state index contributed by atoms with van der Waals surface area (Å²) in [6.45, 7) is 4.44. The molecule has 0 aliphatic heterocycles. The Morgan fingerprint density at radius 1 is 0.692 bits per heavy atom. The molecule has 1 unspecified atom stereocenters. The Labute approximate surface area is 162 Å². The molecule has 1 atom stereocenters. The van der Waals surface area contributed by atoms with E-state index in [-0.39, 0.29) is 5.75 Å². The summed E-state index contributed by atoms with van der Waals surface area (Å²) in [4.78, 5) is 0. The van der Waals surface area contributed by atoms with Crippen LogP contribution in [0.15, 0.2) is 18.2 Å². The molecule has 0 bridgehead atoms. The molecule has 0 aromatic heterocycles. The van der Waals surface area contributed by atoms with Crippen LogP contribution in [-0.2, 0) is 0 Å². The average Bonchev–Trinajstić information content (AvgIpc) is 2.64. The molecule has 0 fully saturated rings.